The standard InChI is InChI=1S/C27H19ClFN5OS/c28-21-5-2-6-24(16-21)34-25(19-11-13-30-14-12-19)32-33-27(34)36-17-18-3-1-4-20(15-18)26(35)31-23-9-7-22(29)8-10-23/h1-16H,17H2,(H,31,35). The molecule has 0 bridgehead atoms. The van der Waals surface area contributed by atoms with Crippen LogP contribution in [0.25, 0.3) is 17.1 Å². The molecular weight excluding hydrogens is 497 g/mol. The summed E-state index contributed by atoms with van der Waals surface area (Å²) >= 11 is 7.77. The van der Waals surface area contributed by atoms with Crippen molar-refractivity contribution in [2.75, 3.05) is 5.32 Å². The van der Waals surface area contributed by atoms with E-state index in [0.717, 1.165) is 16.8 Å². The van der Waals surface area contributed by atoms with Crippen LogP contribution in [0, 0.1) is 5.82 Å². The lowest BCUT2D eigenvalue weighted by molar-refractivity contribution is 0.102. The van der Waals surface area contributed by atoms with Crippen molar-refractivity contribution in [3.63, 3.8) is 0 Å². The smallest absolute Gasteiger partial charge is 0.255 e. The van der Waals surface area contributed by atoms with Crippen LogP contribution in [0.4, 0.5) is 10.1 Å². The molecule has 0 fully saturated rings. The summed E-state index contributed by atoms with van der Waals surface area (Å²) in [4.78, 5) is 16.8. The summed E-state index contributed by atoms with van der Waals surface area (Å²) in [5, 5.41) is 13.0. The number of amides is 1. The molecule has 0 saturated heterocycles. The summed E-state index contributed by atoms with van der Waals surface area (Å²) < 4.78 is 15.1. The van der Waals surface area contributed by atoms with Gasteiger partial charge in [-0.2, -0.15) is 0 Å². The maximum atomic E-state index is 13.1. The van der Waals surface area contributed by atoms with E-state index in [4.69, 9.17) is 11.6 Å². The van der Waals surface area contributed by atoms with Crippen LogP contribution in [-0.4, -0.2) is 25.7 Å². The normalized spacial score (nSPS) is 10.8. The van der Waals surface area contributed by atoms with Crippen LogP contribution < -0.4 is 5.32 Å². The van der Waals surface area contributed by atoms with Crippen molar-refractivity contribution in [2.24, 2.45) is 0 Å². The molecule has 0 aliphatic rings. The number of carbonyl (C=O) groups excluding carboxylic acids is 1. The molecule has 2 aromatic heterocycles. The van der Waals surface area contributed by atoms with Gasteiger partial charge < -0.3 is 5.32 Å². The first-order valence-electron chi connectivity index (χ1n) is 11.0. The molecule has 0 unspecified atom stereocenters. The number of pyridine rings is 1. The SMILES string of the molecule is O=C(Nc1ccc(F)cc1)c1cccc(CSc2nnc(-c3ccncc3)n2-c2cccc(Cl)c2)c1. The molecule has 0 radical (unpaired) electrons. The Morgan fingerprint density at radius 3 is 2.50 bits per heavy atom. The molecule has 5 rings (SSSR count). The van der Waals surface area contributed by atoms with E-state index in [0.29, 0.717) is 33.0 Å². The van der Waals surface area contributed by atoms with Gasteiger partial charge >= 0.3 is 0 Å². The largest absolute Gasteiger partial charge is 0.322 e. The highest BCUT2D eigenvalue weighted by molar-refractivity contribution is 7.98. The monoisotopic (exact) mass is 515 g/mol. The van der Waals surface area contributed by atoms with Crippen molar-refractivity contribution in [1.82, 2.24) is 19.7 Å². The first-order valence-corrected chi connectivity index (χ1v) is 12.3. The van der Waals surface area contributed by atoms with E-state index in [1.165, 1.54) is 36.0 Å². The Balaban J connectivity index is 1.38. The minimum Gasteiger partial charge on any atom is -0.322 e. The first kappa shape index (κ1) is 23.7. The molecule has 178 valence electrons. The van der Waals surface area contributed by atoms with Crippen LogP contribution in [0.3, 0.4) is 0 Å². The Morgan fingerprint density at radius 1 is 0.944 bits per heavy atom. The summed E-state index contributed by atoms with van der Waals surface area (Å²) in [7, 11) is 0. The van der Waals surface area contributed by atoms with Crippen LogP contribution in [0.15, 0.2) is 102 Å². The summed E-state index contributed by atoms with van der Waals surface area (Å²) in [6, 6.07) is 24.3. The number of carbonyl (C=O) groups is 1. The molecule has 1 amide bonds. The molecule has 9 heteroatoms. The average Bonchev–Trinajstić information content (AvgIpc) is 3.33. The molecule has 36 heavy (non-hydrogen) atoms. The van der Waals surface area contributed by atoms with Gasteiger partial charge in [0.15, 0.2) is 11.0 Å². The highest BCUT2D eigenvalue weighted by Gasteiger charge is 2.17. The van der Waals surface area contributed by atoms with Gasteiger partial charge in [-0.05, 0) is 72.3 Å². The number of nitrogens with one attached hydrogen (secondary N) is 1. The number of hydrogen-bond acceptors (Lipinski definition) is 5. The second kappa shape index (κ2) is 10.7. The number of benzene rings is 3. The number of aromatic nitrogens is 4. The summed E-state index contributed by atoms with van der Waals surface area (Å²) in [6.45, 7) is 0. The number of halogens is 2. The van der Waals surface area contributed by atoms with Crippen molar-refractivity contribution in [2.45, 2.75) is 10.9 Å². The van der Waals surface area contributed by atoms with Gasteiger partial charge in [-0.3, -0.25) is 14.3 Å². The van der Waals surface area contributed by atoms with E-state index in [1.54, 1.807) is 18.5 Å². The zero-order valence-corrected chi connectivity index (χ0v) is 20.4. The minimum absolute atomic E-state index is 0.268. The molecule has 0 aliphatic carbocycles. The molecule has 0 saturated carbocycles. The van der Waals surface area contributed by atoms with Crippen LogP contribution >= 0.6 is 23.4 Å². The zero-order chi connectivity index (χ0) is 24.9. The number of thioether (sulfide) groups is 1. The third-order valence-electron chi connectivity index (χ3n) is 5.30. The Labute approximate surface area is 216 Å². The van der Waals surface area contributed by atoms with Crippen LogP contribution in [-0.2, 0) is 5.75 Å². The van der Waals surface area contributed by atoms with Crippen molar-refractivity contribution >= 4 is 35.0 Å². The summed E-state index contributed by atoms with van der Waals surface area (Å²) in [5.41, 5.74) is 3.70. The second-order valence-electron chi connectivity index (χ2n) is 7.81. The van der Waals surface area contributed by atoms with Gasteiger partial charge in [0.25, 0.3) is 5.91 Å². The number of nitrogens with zero attached hydrogens (tertiary/aromatic N) is 4. The van der Waals surface area contributed by atoms with Crippen LogP contribution in [0.2, 0.25) is 5.02 Å². The predicted octanol–water partition coefficient (Wildman–Crippen LogP) is 6.67. The fourth-order valence-corrected chi connectivity index (χ4v) is 4.67. The van der Waals surface area contributed by atoms with Crippen LogP contribution in [0.5, 0.6) is 0 Å². The number of anilines is 1. The van der Waals surface area contributed by atoms with E-state index in [-0.39, 0.29) is 11.7 Å². The second-order valence-corrected chi connectivity index (χ2v) is 9.19. The number of rotatable bonds is 7. The molecule has 0 atom stereocenters. The lowest BCUT2D eigenvalue weighted by Crippen LogP contribution is -2.12. The van der Waals surface area contributed by atoms with Crippen molar-refractivity contribution < 1.29 is 9.18 Å². The Morgan fingerprint density at radius 2 is 1.72 bits per heavy atom. The molecule has 0 spiro atoms. The van der Waals surface area contributed by atoms with Crippen LogP contribution in [0.1, 0.15) is 15.9 Å². The third kappa shape index (κ3) is 5.45. The lowest BCUT2D eigenvalue weighted by atomic mass is 10.1. The zero-order valence-electron chi connectivity index (χ0n) is 18.8. The minimum atomic E-state index is -0.357. The highest BCUT2D eigenvalue weighted by Crippen LogP contribution is 2.30. The van der Waals surface area contributed by atoms with Gasteiger partial charge in [-0.15, -0.1) is 10.2 Å². The molecule has 0 aliphatic heterocycles. The quantitative estimate of drug-likeness (QED) is 0.245. The third-order valence-corrected chi connectivity index (χ3v) is 6.53. The fraction of sp³-hybridized carbons (Fsp3) is 0.0370. The van der Waals surface area contributed by atoms with E-state index in [2.05, 4.69) is 20.5 Å². The summed E-state index contributed by atoms with van der Waals surface area (Å²) in [6.07, 6.45) is 3.42. The molecule has 6 nitrogen and oxygen atoms in total. The Hall–Kier alpha value is -4.01. The van der Waals surface area contributed by atoms with E-state index in [1.807, 2.05) is 59.2 Å². The van der Waals surface area contributed by atoms with Gasteiger partial charge in [0, 0.05) is 40.0 Å². The molecule has 2 heterocycles. The van der Waals surface area contributed by atoms with E-state index < -0.39 is 0 Å². The Kier molecular flexibility index (Phi) is 7.06. The van der Waals surface area contributed by atoms with Crippen molar-refractivity contribution in [3.8, 4) is 17.1 Å². The van der Waals surface area contributed by atoms with Gasteiger partial charge in [0.05, 0.1) is 5.69 Å². The van der Waals surface area contributed by atoms with Gasteiger partial charge in [0.1, 0.15) is 5.82 Å². The van der Waals surface area contributed by atoms with Gasteiger partial charge in [-0.25, -0.2) is 4.39 Å². The molecule has 1 N–H and O–H groups in total. The maximum Gasteiger partial charge on any atom is 0.255 e. The van der Waals surface area contributed by atoms with Crippen molar-refractivity contribution in [3.05, 3.63) is 119 Å². The van der Waals surface area contributed by atoms with E-state index in [9.17, 15) is 9.18 Å². The lowest BCUT2D eigenvalue weighted by Gasteiger charge is -2.11. The average molecular weight is 516 g/mol. The molecular formula is C27H19ClFN5OS. The summed E-state index contributed by atoms with van der Waals surface area (Å²) in [5.74, 6) is 0.613. The van der Waals surface area contributed by atoms with Gasteiger partial charge in [0.2, 0.25) is 0 Å². The molecule has 3 aromatic carbocycles. The van der Waals surface area contributed by atoms with E-state index >= 15 is 0 Å². The Bertz CT molecular complexity index is 1510. The topological polar surface area (TPSA) is 72.7 Å². The predicted molar refractivity (Wildman–Crippen MR) is 140 cm³/mol. The maximum absolute atomic E-state index is 13.1. The molecule has 5 aromatic rings. The first-order chi connectivity index (χ1) is 17.6. The van der Waals surface area contributed by atoms with Crippen molar-refractivity contribution in [1.29, 1.82) is 0 Å². The highest BCUT2D eigenvalue weighted by atomic mass is 35.5. The van der Waals surface area contributed by atoms with Gasteiger partial charge in [-0.1, -0.05) is 41.6 Å². The fourth-order valence-electron chi connectivity index (χ4n) is 3.59. The number of hydrogen-bond donors (Lipinski definition) is 1.